The predicted octanol–water partition coefficient (Wildman–Crippen LogP) is 5.62. The molecule has 3 nitrogen and oxygen atoms in total. The van der Waals surface area contributed by atoms with Gasteiger partial charge in [0.25, 0.3) is 0 Å². The van der Waals surface area contributed by atoms with Crippen LogP contribution in [0.3, 0.4) is 0 Å². The van der Waals surface area contributed by atoms with Gasteiger partial charge in [0.15, 0.2) is 0 Å². The molecule has 146 valence electrons. The Morgan fingerprint density at radius 3 is 1.50 bits per heavy atom. The van der Waals surface area contributed by atoms with Crippen molar-refractivity contribution in [1.82, 2.24) is 0 Å². The Labute approximate surface area is 151 Å². The van der Waals surface area contributed by atoms with Crippen LogP contribution in [0, 0.1) is 0 Å². The van der Waals surface area contributed by atoms with Crippen molar-refractivity contribution < 1.29 is 14.9 Å². The zero-order valence-corrected chi connectivity index (χ0v) is 16.3. The molecule has 0 amide bonds. The summed E-state index contributed by atoms with van der Waals surface area (Å²) in [5.41, 5.74) is 0. The first-order chi connectivity index (χ1) is 11.8. The molecule has 0 saturated heterocycles. The maximum atomic E-state index is 9.39. The molecule has 0 spiro atoms. The quantitative estimate of drug-likeness (QED) is 0.282. The van der Waals surface area contributed by atoms with E-state index in [0.717, 1.165) is 13.0 Å². The maximum Gasteiger partial charge on any atom is 0.0795 e. The summed E-state index contributed by atoms with van der Waals surface area (Å²) in [5.74, 6) is 0. The monoisotopic (exact) mass is 344 g/mol. The number of unbranched alkanes of at least 4 members (excludes halogenated alkanes) is 14. The van der Waals surface area contributed by atoms with Crippen LogP contribution >= 0.6 is 0 Å². The van der Waals surface area contributed by atoms with E-state index in [0.29, 0.717) is 13.0 Å². The van der Waals surface area contributed by atoms with E-state index in [1.165, 1.54) is 89.9 Å². The predicted molar refractivity (Wildman–Crippen MR) is 103 cm³/mol. The molecule has 1 atom stereocenters. The molecule has 0 bridgehead atoms. The highest BCUT2D eigenvalue weighted by atomic mass is 16.5. The Bertz CT molecular complexity index is 221. The van der Waals surface area contributed by atoms with Gasteiger partial charge in [0.1, 0.15) is 0 Å². The third-order valence-electron chi connectivity index (χ3n) is 4.66. The SMILES string of the molecule is CCCCCCCCCCCCCCCCCOC[C@@H](O)CCO. The number of hydrogen-bond acceptors (Lipinski definition) is 3. The topological polar surface area (TPSA) is 49.7 Å². The fourth-order valence-electron chi connectivity index (χ4n) is 3.03. The van der Waals surface area contributed by atoms with Crippen molar-refractivity contribution in [2.75, 3.05) is 19.8 Å². The Kier molecular flexibility index (Phi) is 20.8. The lowest BCUT2D eigenvalue weighted by Gasteiger charge is -2.09. The minimum absolute atomic E-state index is 0.0312. The molecule has 0 unspecified atom stereocenters. The van der Waals surface area contributed by atoms with Gasteiger partial charge in [0.05, 0.1) is 12.7 Å². The zero-order valence-electron chi connectivity index (χ0n) is 16.3. The molecule has 0 saturated carbocycles. The fraction of sp³-hybridized carbons (Fsp3) is 1.00. The molecule has 0 aromatic rings. The van der Waals surface area contributed by atoms with Crippen LogP contribution in [-0.2, 0) is 4.74 Å². The maximum absolute atomic E-state index is 9.39. The van der Waals surface area contributed by atoms with Gasteiger partial charge in [-0.05, 0) is 12.8 Å². The first-order valence-electron chi connectivity index (χ1n) is 10.7. The lowest BCUT2D eigenvalue weighted by molar-refractivity contribution is 0.0228. The second kappa shape index (κ2) is 20.9. The highest BCUT2D eigenvalue weighted by molar-refractivity contribution is 4.52. The van der Waals surface area contributed by atoms with Crippen LogP contribution < -0.4 is 0 Å². The number of rotatable bonds is 20. The third-order valence-corrected chi connectivity index (χ3v) is 4.66. The van der Waals surface area contributed by atoms with Crippen molar-refractivity contribution in [3.8, 4) is 0 Å². The molecule has 0 aromatic carbocycles. The van der Waals surface area contributed by atoms with Crippen molar-refractivity contribution >= 4 is 0 Å². The van der Waals surface area contributed by atoms with Crippen molar-refractivity contribution in [3.05, 3.63) is 0 Å². The standard InChI is InChI=1S/C21H44O3/c1-2-3-4-5-6-7-8-9-10-11-12-13-14-15-16-19-24-20-21(23)17-18-22/h21-23H,2-20H2,1H3/t21-/m0/s1. The molecule has 0 aliphatic rings. The minimum Gasteiger partial charge on any atom is -0.396 e. The van der Waals surface area contributed by atoms with Gasteiger partial charge in [0, 0.05) is 13.2 Å². The number of aliphatic hydroxyl groups is 2. The van der Waals surface area contributed by atoms with E-state index in [1.807, 2.05) is 0 Å². The van der Waals surface area contributed by atoms with Crippen LogP contribution in [-0.4, -0.2) is 36.1 Å². The van der Waals surface area contributed by atoms with Crippen molar-refractivity contribution in [1.29, 1.82) is 0 Å². The first-order valence-corrected chi connectivity index (χ1v) is 10.7. The molecule has 24 heavy (non-hydrogen) atoms. The van der Waals surface area contributed by atoms with Crippen LogP contribution in [0.5, 0.6) is 0 Å². The molecule has 2 N–H and O–H groups in total. The molecule has 0 aliphatic carbocycles. The van der Waals surface area contributed by atoms with Crippen LogP contribution in [0.15, 0.2) is 0 Å². The number of ether oxygens (including phenoxy) is 1. The van der Waals surface area contributed by atoms with E-state index < -0.39 is 6.10 Å². The average molecular weight is 345 g/mol. The molecule has 0 fully saturated rings. The van der Waals surface area contributed by atoms with E-state index in [4.69, 9.17) is 9.84 Å². The van der Waals surface area contributed by atoms with Gasteiger partial charge >= 0.3 is 0 Å². The van der Waals surface area contributed by atoms with Crippen LogP contribution in [0.25, 0.3) is 0 Å². The summed E-state index contributed by atoms with van der Waals surface area (Å²) >= 11 is 0. The summed E-state index contributed by atoms with van der Waals surface area (Å²) in [6.45, 7) is 3.41. The second-order valence-electron chi connectivity index (χ2n) is 7.19. The highest BCUT2D eigenvalue weighted by Gasteiger charge is 2.02. The summed E-state index contributed by atoms with van der Waals surface area (Å²) in [5, 5.41) is 18.1. The number of aliphatic hydroxyl groups excluding tert-OH is 2. The number of hydrogen-bond donors (Lipinski definition) is 2. The summed E-state index contributed by atoms with van der Waals surface area (Å²) in [6, 6.07) is 0. The van der Waals surface area contributed by atoms with E-state index in [1.54, 1.807) is 0 Å². The third kappa shape index (κ3) is 19.9. The van der Waals surface area contributed by atoms with E-state index in [2.05, 4.69) is 6.92 Å². The minimum atomic E-state index is -0.508. The molecular formula is C21H44O3. The van der Waals surface area contributed by atoms with Gasteiger partial charge in [-0.1, -0.05) is 96.8 Å². The molecule has 0 aliphatic heterocycles. The summed E-state index contributed by atoms with van der Waals surface area (Å²) in [6.07, 6.45) is 20.5. The smallest absolute Gasteiger partial charge is 0.0795 e. The Balaban J connectivity index is 3.00. The Hall–Kier alpha value is -0.120. The Morgan fingerprint density at radius 2 is 1.08 bits per heavy atom. The zero-order chi connectivity index (χ0) is 17.7. The van der Waals surface area contributed by atoms with Crippen LogP contribution in [0.4, 0.5) is 0 Å². The van der Waals surface area contributed by atoms with Gasteiger partial charge in [-0.15, -0.1) is 0 Å². The Morgan fingerprint density at radius 1 is 0.667 bits per heavy atom. The van der Waals surface area contributed by atoms with Crippen LogP contribution in [0.1, 0.15) is 110 Å². The molecule has 3 heteroatoms. The fourth-order valence-corrected chi connectivity index (χ4v) is 3.03. The van der Waals surface area contributed by atoms with Gasteiger partial charge in [0.2, 0.25) is 0 Å². The average Bonchev–Trinajstić information content (AvgIpc) is 2.58. The lowest BCUT2D eigenvalue weighted by Crippen LogP contribution is -2.17. The summed E-state index contributed by atoms with van der Waals surface area (Å²) in [4.78, 5) is 0. The second-order valence-corrected chi connectivity index (χ2v) is 7.19. The van der Waals surface area contributed by atoms with E-state index >= 15 is 0 Å². The summed E-state index contributed by atoms with van der Waals surface area (Å²) < 4.78 is 5.40. The molecular weight excluding hydrogens is 300 g/mol. The molecule has 0 rings (SSSR count). The summed E-state index contributed by atoms with van der Waals surface area (Å²) in [7, 11) is 0. The van der Waals surface area contributed by atoms with E-state index in [-0.39, 0.29) is 6.61 Å². The molecule has 0 radical (unpaired) electrons. The van der Waals surface area contributed by atoms with Gasteiger partial charge < -0.3 is 14.9 Å². The molecule has 0 aromatic heterocycles. The molecule has 0 heterocycles. The first kappa shape index (κ1) is 23.9. The van der Waals surface area contributed by atoms with Crippen molar-refractivity contribution in [2.45, 2.75) is 116 Å². The van der Waals surface area contributed by atoms with Gasteiger partial charge in [-0.2, -0.15) is 0 Å². The van der Waals surface area contributed by atoms with E-state index in [9.17, 15) is 5.11 Å². The van der Waals surface area contributed by atoms with Gasteiger partial charge in [-0.25, -0.2) is 0 Å². The largest absolute Gasteiger partial charge is 0.396 e. The lowest BCUT2D eigenvalue weighted by atomic mass is 10.0. The van der Waals surface area contributed by atoms with Gasteiger partial charge in [-0.3, -0.25) is 0 Å². The highest BCUT2D eigenvalue weighted by Crippen LogP contribution is 2.13. The van der Waals surface area contributed by atoms with Crippen LogP contribution in [0.2, 0.25) is 0 Å². The van der Waals surface area contributed by atoms with Crippen molar-refractivity contribution in [3.63, 3.8) is 0 Å². The normalized spacial score (nSPS) is 12.6. The van der Waals surface area contributed by atoms with Crippen molar-refractivity contribution in [2.24, 2.45) is 0 Å².